The lowest BCUT2D eigenvalue weighted by Gasteiger charge is -2.04. The molecule has 0 aliphatic heterocycles. The first-order chi connectivity index (χ1) is 10.6. The van der Waals surface area contributed by atoms with Crippen LogP contribution in [-0.2, 0) is 16.1 Å². The van der Waals surface area contributed by atoms with E-state index in [9.17, 15) is 9.59 Å². The second kappa shape index (κ2) is 7.61. The predicted molar refractivity (Wildman–Crippen MR) is 80.7 cm³/mol. The van der Waals surface area contributed by atoms with Crippen molar-refractivity contribution in [2.75, 3.05) is 13.7 Å². The number of amides is 1. The van der Waals surface area contributed by atoms with Crippen LogP contribution in [-0.4, -0.2) is 30.6 Å². The van der Waals surface area contributed by atoms with Gasteiger partial charge in [-0.15, -0.1) is 0 Å². The summed E-state index contributed by atoms with van der Waals surface area (Å²) in [5.74, 6) is -0.883. The van der Waals surface area contributed by atoms with Crippen molar-refractivity contribution in [3.05, 3.63) is 35.6 Å². The molecule has 0 spiro atoms. The van der Waals surface area contributed by atoms with Gasteiger partial charge in [0, 0.05) is 31.0 Å². The molecule has 1 aromatic heterocycles. The van der Waals surface area contributed by atoms with E-state index in [1.165, 1.54) is 0 Å². The number of rotatable bonds is 8. The normalized spacial score (nSPS) is 10.8. The van der Waals surface area contributed by atoms with Crippen molar-refractivity contribution < 1.29 is 23.8 Å². The van der Waals surface area contributed by atoms with E-state index < -0.39 is 5.97 Å². The first-order valence-electron chi connectivity index (χ1n) is 7.13. The number of carboxylic acid groups (broad SMARTS) is 1. The number of carbonyl (C=O) groups is 2. The molecule has 1 heterocycles. The van der Waals surface area contributed by atoms with Crippen LogP contribution in [0.4, 0.5) is 0 Å². The number of aliphatic carboxylic acids is 1. The molecular weight excluding hydrogens is 286 g/mol. The summed E-state index contributed by atoms with van der Waals surface area (Å²) in [6.07, 6.45) is 1.24. The minimum absolute atomic E-state index is 0.107. The Morgan fingerprint density at radius 2 is 2.05 bits per heavy atom. The zero-order valence-electron chi connectivity index (χ0n) is 12.4. The fraction of sp³-hybridized carbons (Fsp3) is 0.375. The Kier molecular flexibility index (Phi) is 5.55. The van der Waals surface area contributed by atoms with Gasteiger partial charge in [-0.1, -0.05) is 18.2 Å². The monoisotopic (exact) mass is 305 g/mol. The number of ether oxygens (including phenoxy) is 1. The van der Waals surface area contributed by atoms with Crippen molar-refractivity contribution in [3.8, 4) is 0 Å². The van der Waals surface area contributed by atoms with Crippen molar-refractivity contribution >= 4 is 22.8 Å². The van der Waals surface area contributed by atoms with E-state index in [0.717, 1.165) is 10.9 Å². The summed E-state index contributed by atoms with van der Waals surface area (Å²) in [6.45, 7) is 0.703. The summed E-state index contributed by atoms with van der Waals surface area (Å²) in [6, 6.07) is 7.41. The van der Waals surface area contributed by atoms with E-state index >= 15 is 0 Å². The molecule has 2 rings (SSSR count). The van der Waals surface area contributed by atoms with Gasteiger partial charge in [0.1, 0.15) is 5.58 Å². The van der Waals surface area contributed by atoms with Gasteiger partial charge in [0.15, 0.2) is 5.76 Å². The molecule has 0 saturated carbocycles. The standard InChI is InChI=1S/C16H19NO5/c1-21-10-12-11-6-2-3-7-13(11)22-15(12)16(20)17-9-5-4-8-14(18)19/h2-3,6-7H,4-5,8-10H2,1H3,(H,17,20)(H,18,19). The van der Waals surface area contributed by atoms with E-state index in [0.29, 0.717) is 31.6 Å². The summed E-state index contributed by atoms with van der Waals surface area (Å²) in [5, 5.41) is 12.2. The Hall–Kier alpha value is -2.34. The molecule has 6 heteroatoms. The maximum Gasteiger partial charge on any atom is 0.303 e. The zero-order chi connectivity index (χ0) is 15.9. The number of nitrogens with one attached hydrogen (secondary N) is 1. The minimum atomic E-state index is -0.828. The van der Waals surface area contributed by atoms with Gasteiger partial charge in [-0.25, -0.2) is 0 Å². The summed E-state index contributed by atoms with van der Waals surface area (Å²) < 4.78 is 10.8. The SMILES string of the molecule is COCc1c(C(=O)NCCCCC(=O)O)oc2ccccc12. The first-order valence-corrected chi connectivity index (χ1v) is 7.13. The maximum absolute atomic E-state index is 12.2. The van der Waals surface area contributed by atoms with Crippen LogP contribution < -0.4 is 5.32 Å². The van der Waals surface area contributed by atoms with Gasteiger partial charge in [-0.05, 0) is 18.9 Å². The van der Waals surface area contributed by atoms with Crippen LogP contribution in [0, 0.1) is 0 Å². The van der Waals surface area contributed by atoms with E-state index in [4.69, 9.17) is 14.3 Å². The number of fused-ring (bicyclic) bond motifs is 1. The highest BCUT2D eigenvalue weighted by Crippen LogP contribution is 2.26. The number of para-hydroxylation sites is 1. The number of unbranched alkanes of at least 4 members (excludes halogenated alkanes) is 1. The molecular formula is C16H19NO5. The highest BCUT2D eigenvalue weighted by Gasteiger charge is 2.19. The molecule has 2 N–H and O–H groups in total. The largest absolute Gasteiger partial charge is 0.481 e. The summed E-state index contributed by atoms with van der Waals surface area (Å²) in [4.78, 5) is 22.6. The van der Waals surface area contributed by atoms with Crippen molar-refractivity contribution in [2.45, 2.75) is 25.9 Å². The van der Waals surface area contributed by atoms with Gasteiger partial charge in [-0.3, -0.25) is 9.59 Å². The number of furan rings is 1. The zero-order valence-corrected chi connectivity index (χ0v) is 12.4. The van der Waals surface area contributed by atoms with Gasteiger partial charge >= 0.3 is 5.97 Å². The Bertz CT molecular complexity index is 662. The molecule has 118 valence electrons. The Morgan fingerprint density at radius 1 is 1.27 bits per heavy atom. The lowest BCUT2D eigenvalue weighted by Crippen LogP contribution is -2.25. The molecule has 0 bridgehead atoms. The number of carboxylic acids is 1. The maximum atomic E-state index is 12.2. The molecule has 0 unspecified atom stereocenters. The van der Waals surface area contributed by atoms with E-state index in [2.05, 4.69) is 5.32 Å². The average Bonchev–Trinajstić information content (AvgIpc) is 2.86. The van der Waals surface area contributed by atoms with Crippen LogP contribution in [0.15, 0.2) is 28.7 Å². The number of carbonyl (C=O) groups excluding carboxylic acids is 1. The highest BCUT2D eigenvalue weighted by molar-refractivity contribution is 5.99. The van der Waals surface area contributed by atoms with Gasteiger partial charge in [-0.2, -0.15) is 0 Å². The van der Waals surface area contributed by atoms with Crippen LogP contribution >= 0.6 is 0 Å². The topological polar surface area (TPSA) is 88.8 Å². The molecule has 1 aromatic carbocycles. The third-order valence-corrected chi connectivity index (χ3v) is 3.30. The average molecular weight is 305 g/mol. The predicted octanol–water partition coefficient (Wildman–Crippen LogP) is 2.56. The third kappa shape index (κ3) is 3.85. The van der Waals surface area contributed by atoms with Crippen molar-refractivity contribution in [1.29, 1.82) is 0 Å². The molecule has 0 atom stereocenters. The quantitative estimate of drug-likeness (QED) is 0.732. The molecule has 6 nitrogen and oxygen atoms in total. The van der Waals surface area contributed by atoms with Crippen LogP contribution in [0.3, 0.4) is 0 Å². The third-order valence-electron chi connectivity index (χ3n) is 3.30. The fourth-order valence-electron chi connectivity index (χ4n) is 2.25. The highest BCUT2D eigenvalue weighted by atomic mass is 16.5. The minimum Gasteiger partial charge on any atom is -0.481 e. The number of methoxy groups -OCH3 is 1. The van der Waals surface area contributed by atoms with Crippen molar-refractivity contribution in [1.82, 2.24) is 5.32 Å². The van der Waals surface area contributed by atoms with Crippen LogP contribution in [0.5, 0.6) is 0 Å². The number of benzene rings is 1. The molecule has 1 amide bonds. The molecule has 0 saturated heterocycles. The molecule has 2 aromatic rings. The van der Waals surface area contributed by atoms with Crippen LogP contribution in [0.1, 0.15) is 35.4 Å². The Morgan fingerprint density at radius 3 is 2.77 bits per heavy atom. The van der Waals surface area contributed by atoms with Crippen LogP contribution in [0.2, 0.25) is 0 Å². The lowest BCUT2D eigenvalue weighted by atomic mass is 10.1. The summed E-state index contributed by atoms with van der Waals surface area (Å²) >= 11 is 0. The first kappa shape index (κ1) is 16.0. The van der Waals surface area contributed by atoms with Gasteiger partial charge in [0.25, 0.3) is 5.91 Å². The fourth-order valence-corrected chi connectivity index (χ4v) is 2.25. The van der Waals surface area contributed by atoms with E-state index in [1.807, 2.05) is 18.2 Å². The molecule has 0 aliphatic rings. The van der Waals surface area contributed by atoms with Crippen LogP contribution in [0.25, 0.3) is 11.0 Å². The van der Waals surface area contributed by atoms with E-state index in [-0.39, 0.29) is 18.1 Å². The summed E-state index contributed by atoms with van der Waals surface area (Å²) in [7, 11) is 1.56. The molecule has 22 heavy (non-hydrogen) atoms. The smallest absolute Gasteiger partial charge is 0.303 e. The van der Waals surface area contributed by atoms with E-state index in [1.54, 1.807) is 13.2 Å². The molecule has 0 aliphatic carbocycles. The Labute approximate surface area is 128 Å². The van der Waals surface area contributed by atoms with Gasteiger partial charge in [0.05, 0.1) is 6.61 Å². The van der Waals surface area contributed by atoms with Gasteiger partial charge < -0.3 is 19.6 Å². The van der Waals surface area contributed by atoms with Crippen molar-refractivity contribution in [3.63, 3.8) is 0 Å². The summed E-state index contributed by atoms with van der Waals surface area (Å²) in [5.41, 5.74) is 1.37. The molecule has 0 fully saturated rings. The molecule has 0 radical (unpaired) electrons. The number of hydrogen-bond acceptors (Lipinski definition) is 4. The van der Waals surface area contributed by atoms with Crippen molar-refractivity contribution in [2.24, 2.45) is 0 Å². The second-order valence-corrected chi connectivity index (χ2v) is 4.95. The van der Waals surface area contributed by atoms with Gasteiger partial charge in [0.2, 0.25) is 0 Å². The lowest BCUT2D eigenvalue weighted by molar-refractivity contribution is -0.137. The Balaban J connectivity index is 2.04. The number of hydrogen-bond donors (Lipinski definition) is 2. The second-order valence-electron chi connectivity index (χ2n) is 4.95.